The Bertz CT molecular complexity index is 574. The second-order valence-electron chi connectivity index (χ2n) is 6.24. The first-order chi connectivity index (χ1) is 9.69. The molecule has 1 aliphatic heterocycles. The number of carbonyl (C=O) groups is 1. The number of carbonyl (C=O) groups excluding carboxylic acids is 1. The minimum absolute atomic E-state index is 0.173. The number of ether oxygens (including phenoxy) is 1. The van der Waals surface area contributed by atoms with E-state index >= 15 is 0 Å². The molecular weight excluding hydrogens is 268 g/mol. The second kappa shape index (κ2) is 5.07. The van der Waals surface area contributed by atoms with Gasteiger partial charge in [-0.05, 0) is 52.0 Å². The van der Waals surface area contributed by atoms with E-state index in [0.717, 1.165) is 5.06 Å². The molecule has 1 aliphatic rings. The van der Waals surface area contributed by atoms with Crippen molar-refractivity contribution in [2.24, 2.45) is 0 Å². The molecule has 2 rings (SSSR count). The molecular formula is C16H22N2O3. The van der Waals surface area contributed by atoms with Gasteiger partial charge >= 0.3 is 0 Å². The first-order valence-electron chi connectivity index (χ1n) is 6.86. The number of hydrogen-bond acceptors (Lipinski definition) is 5. The highest BCUT2D eigenvalue weighted by atomic mass is 16.5. The van der Waals surface area contributed by atoms with E-state index in [-0.39, 0.29) is 11.3 Å². The van der Waals surface area contributed by atoms with Crippen molar-refractivity contribution in [2.75, 3.05) is 7.11 Å². The summed E-state index contributed by atoms with van der Waals surface area (Å²) < 4.78 is 5.07. The lowest BCUT2D eigenvalue weighted by atomic mass is 9.84. The molecule has 0 bridgehead atoms. The van der Waals surface area contributed by atoms with Crippen LogP contribution >= 0.6 is 0 Å². The fourth-order valence-corrected chi connectivity index (χ4v) is 2.15. The van der Waals surface area contributed by atoms with Gasteiger partial charge in [0.05, 0.1) is 18.2 Å². The topological polar surface area (TPSA) is 61.8 Å². The molecule has 1 fully saturated rings. The maximum Gasteiger partial charge on any atom is 0.189 e. The van der Waals surface area contributed by atoms with Crippen molar-refractivity contribution in [3.63, 3.8) is 0 Å². The number of hydroxylamine groups is 2. The van der Waals surface area contributed by atoms with Crippen molar-refractivity contribution in [1.82, 2.24) is 10.4 Å². The molecule has 1 saturated heterocycles. The Morgan fingerprint density at radius 3 is 2.24 bits per heavy atom. The minimum Gasteiger partial charge on any atom is -0.497 e. The van der Waals surface area contributed by atoms with Gasteiger partial charge in [-0.2, -0.15) is 0 Å². The highest BCUT2D eigenvalue weighted by Gasteiger charge is 2.49. The Hall–Kier alpha value is -2.01. The van der Waals surface area contributed by atoms with E-state index in [1.54, 1.807) is 31.4 Å². The standard InChI is InChI=1S/C16H22N2O3/c1-15(2)16(3,4)18(20)14(17-15)10-13(19)11-6-8-12(21-5)9-7-11/h6-10,17,20H,1-5H3/b14-10+. The Morgan fingerprint density at radius 1 is 1.24 bits per heavy atom. The fraction of sp³-hybridized carbons (Fsp3) is 0.438. The molecule has 0 aromatic heterocycles. The van der Waals surface area contributed by atoms with Crippen LogP contribution in [0.2, 0.25) is 0 Å². The van der Waals surface area contributed by atoms with Gasteiger partial charge in [0.1, 0.15) is 11.6 Å². The number of nitrogens with one attached hydrogen (secondary N) is 1. The lowest BCUT2D eigenvalue weighted by Crippen LogP contribution is -2.52. The summed E-state index contributed by atoms with van der Waals surface area (Å²) in [7, 11) is 1.58. The maximum atomic E-state index is 12.3. The van der Waals surface area contributed by atoms with E-state index in [1.807, 2.05) is 27.7 Å². The van der Waals surface area contributed by atoms with Gasteiger partial charge in [-0.25, -0.2) is 5.06 Å². The number of ketones is 1. The Balaban J connectivity index is 2.25. The first kappa shape index (κ1) is 15.4. The zero-order valence-corrected chi connectivity index (χ0v) is 13.1. The van der Waals surface area contributed by atoms with Crippen LogP contribution in [0, 0.1) is 0 Å². The number of hydrogen-bond donors (Lipinski definition) is 2. The van der Waals surface area contributed by atoms with Gasteiger partial charge in [0.15, 0.2) is 5.78 Å². The van der Waals surface area contributed by atoms with Crippen LogP contribution in [0.15, 0.2) is 36.2 Å². The third kappa shape index (κ3) is 2.61. The molecule has 5 heteroatoms. The molecule has 0 unspecified atom stereocenters. The van der Waals surface area contributed by atoms with Crippen LogP contribution in [-0.4, -0.2) is 34.2 Å². The molecule has 2 N–H and O–H groups in total. The van der Waals surface area contributed by atoms with Gasteiger partial charge in [0, 0.05) is 11.6 Å². The third-order valence-electron chi connectivity index (χ3n) is 4.37. The van der Waals surface area contributed by atoms with Crippen LogP contribution in [0.1, 0.15) is 38.1 Å². The van der Waals surface area contributed by atoms with E-state index in [4.69, 9.17) is 4.74 Å². The minimum atomic E-state index is -0.515. The average Bonchev–Trinajstić information content (AvgIpc) is 2.59. The van der Waals surface area contributed by atoms with Crippen molar-refractivity contribution in [1.29, 1.82) is 0 Å². The summed E-state index contributed by atoms with van der Waals surface area (Å²) in [6.45, 7) is 7.79. The summed E-state index contributed by atoms with van der Waals surface area (Å²) in [5.41, 5.74) is -0.326. The molecule has 21 heavy (non-hydrogen) atoms. The largest absolute Gasteiger partial charge is 0.497 e. The van der Waals surface area contributed by atoms with Crippen molar-refractivity contribution < 1.29 is 14.7 Å². The van der Waals surface area contributed by atoms with Gasteiger partial charge in [0.2, 0.25) is 0 Å². The summed E-state index contributed by atoms with van der Waals surface area (Å²) in [5.74, 6) is 0.933. The molecule has 0 aliphatic carbocycles. The average molecular weight is 290 g/mol. The predicted octanol–water partition coefficient (Wildman–Crippen LogP) is 2.57. The van der Waals surface area contributed by atoms with Crippen LogP contribution in [-0.2, 0) is 0 Å². The molecule has 1 heterocycles. The number of rotatable bonds is 3. The van der Waals surface area contributed by atoms with Crippen molar-refractivity contribution >= 4 is 5.78 Å². The number of benzene rings is 1. The van der Waals surface area contributed by atoms with E-state index in [1.165, 1.54) is 6.08 Å². The highest BCUT2D eigenvalue weighted by molar-refractivity contribution is 6.04. The van der Waals surface area contributed by atoms with E-state index in [0.29, 0.717) is 17.1 Å². The van der Waals surface area contributed by atoms with Crippen molar-refractivity contribution in [3.05, 3.63) is 41.7 Å². The number of methoxy groups -OCH3 is 1. The Labute approximate surface area is 125 Å². The molecule has 1 aromatic rings. The predicted molar refractivity (Wildman–Crippen MR) is 80.3 cm³/mol. The third-order valence-corrected chi connectivity index (χ3v) is 4.37. The van der Waals surface area contributed by atoms with E-state index in [9.17, 15) is 10.0 Å². The van der Waals surface area contributed by atoms with Gasteiger partial charge in [-0.3, -0.25) is 10.0 Å². The molecule has 0 amide bonds. The molecule has 5 nitrogen and oxygen atoms in total. The van der Waals surface area contributed by atoms with Crippen molar-refractivity contribution in [3.8, 4) is 5.75 Å². The van der Waals surface area contributed by atoms with Gasteiger partial charge in [-0.1, -0.05) is 0 Å². The molecule has 1 aromatic carbocycles. The fourth-order valence-electron chi connectivity index (χ4n) is 2.15. The van der Waals surface area contributed by atoms with Crippen molar-refractivity contribution in [2.45, 2.75) is 38.8 Å². The monoisotopic (exact) mass is 290 g/mol. The lowest BCUT2D eigenvalue weighted by Gasteiger charge is -2.36. The second-order valence-corrected chi connectivity index (χ2v) is 6.24. The summed E-state index contributed by atoms with van der Waals surface area (Å²) in [4.78, 5) is 12.3. The van der Waals surface area contributed by atoms with Crippen LogP contribution in [0.25, 0.3) is 0 Å². The maximum absolute atomic E-state index is 12.3. The summed E-state index contributed by atoms with van der Waals surface area (Å²) in [6.07, 6.45) is 1.41. The normalized spacial score (nSPS) is 21.2. The van der Waals surface area contributed by atoms with Gasteiger partial charge < -0.3 is 10.1 Å². The zero-order chi connectivity index (χ0) is 15.8. The van der Waals surface area contributed by atoms with Crippen LogP contribution < -0.4 is 10.1 Å². The molecule has 0 spiro atoms. The summed E-state index contributed by atoms with van der Waals surface area (Å²) in [6, 6.07) is 6.87. The molecule has 0 radical (unpaired) electrons. The summed E-state index contributed by atoms with van der Waals surface area (Å²) >= 11 is 0. The first-order valence-corrected chi connectivity index (χ1v) is 6.86. The van der Waals surface area contributed by atoms with Crippen LogP contribution in [0.4, 0.5) is 0 Å². The quantitative estimate of drug-likeness (QED) is 0.662. The number of nitrogens with zero attached hydrogens (tertiary/aromatic N) is 1. The van der Waals surface area contributed by atoms with Gasteiger partial charge in [-0.15, -0.1) is 0 Å². The van der Waals surface area contributed by atoms with E-state index < -0.39 is 5.54 Å². The van der Waals surface area contributed by atoms with E-state index in [2.05, 4.69) is 5.32 Å². The highest BCUT2D eigenvalue weighted by Crippen LogP contribution is 2.36. The number of allylic oxidation sites excluding steroid dienone is 1. The Morgan fingerprint density at radius 2 is 1.81 bits per heavy atom. The van der Waals surface area contributed by atoms with Crippen LogP contribution in [0.3, 0.4) is 0 Å². The summed E-state index contributed by atoms with van der Waals surface area (Å²) in [5, 5.41) is 14.6. The smallest absolute Gasteiger partial charge is 0.189 e. The van der Waals surface area contributed by atoms with Gasteiger partial charge in [0.25, 0.3) is 0 Å². The van der Waals surface area contributed by atoms with Crippen LogP contribution in [0.5, 0.6) is 5.75 Å². The zero-order valence-electron chi connectivity index (χ0n) is 13.1. The molecule has 114 valence electrons. The molecule has 0 atom stereocenters. The molecule has 0 saturated carbocycles. The lowest BCUT2D eigenvalue weighted by molar-refractivity contribution is -0.122. The SMILES string of the molecule is COc1ccc(C(=O)/C=C2\NC(C)(C)C(C)(C)N2O)cc1. The Kier molecular flexibility index (Phi) is 3.72.